The monoisotopic (exact) mass is 278 g/mol. The predicted octanol–water partition coefficient (Wildman–Crippen LogP) is 2.79. The molecule has 1 fully saturated rings. The second-order valence-corrected chi connectivity index (χ2v) is 5.79. The lowest BCUT2D eigenvalue weighted by Gasteiger charge is -2.44. The van der Waals surface area contributed by atoms with Crippen molar-refractivity contribution in [1.82, 2.24) is 5.43 Å². The number of hydrazine groups is 1. The van der Waals surface area contributed by atoms with Gasteiger partial charge in [0.05, 0.1) is 18.8 Å². The zero-order valence-corrected chi connectivity index (χ0v) is 12.7. The van der Waals surface area contributed by atoms with Gasteiger partial charge in [0, 0.05) is 12.7 Å². The molecule has 1 unspecified atom stereocenters. The Balaban J connectivity index is 2.34. The van der Waals surface area contributed by atoms with Crippen LogP contribution in [0.4, 0.5) is 0 Å². The maximum atomic E-state index is 5.94. The van der Waals surface area contributed by atoms with Crippen LogP contribution in [0.25, 0.3) is 0 Å². The molecule has 1 aliphatic rings. The van der Waals surface area contributed by atoms with Crippen LogP contribution in [0.3, 0.4) is 0 Å². The lowest BCUT2D eigenvalue weighted by molar-refractivity contribution is -0.0765. The Morgan fingerprint density at radius 2 is 1.90 bits per heavy atom. The molecule has 0 aliphatic heterocycles. The van der Waals surface area contributed by atoms with E-state index in [1.165, 1.54) is 12.8 Å². The summed E-state index contributed by atoms with van der Waals surface area (Å²) in [5.41, 5.74) is 3.77. The lowest BCUT2D eigenvalue weighted by atomic mass is 9.73. The molecule has 0 amide bonds. The molecule has 3 N–H and O–H groups in total. The summed E-state index contributed by atoms with van der Waals surface area (Å²) in [6.07, 6.45) is 4.36. The van der Waals surface area contributed by atoms with Crippen LogP contribution in [0.2, 0.25) is 0 Å². The second-order valence-electron chi connectivity index (χ2n) is 5.79. The number of hydrogen-bond acceptors (Lipinski definition) is 4. The second kappa shape index (κ2) is 6.57. The van der Waals surface area contributed by atoms with Crippen molar-refractivity contribution in [2.45, 2.75) is 44.2 Å². The zero-order valence-electron chi connectivity index (χ0n) is 12.7. The number of rotatable bonds is 5. The summed E-state index contributed by atoms with van der Waals surface area (Å²) in [4.78, 5) is 0. The van der Waals surface area contributed by atoms with Crippen LogP contribution in [0.5, 0.6) is 5.75 Å². The van der Waals surface area contributed by atoms with E-state index in [1.807, 2.05) is 18.2 Å². The van der Waals surface area contributed by atoms with Gasteiger partial charge in [-0.15, -0.1) is 0 Å². The molecule has 2 rings (SSSR count). The number of benzene rings is 1. The van der Waals surface area contributed by atoms with Gasteiger partial charge in [-0.1, -0.05) is 25.1 Å². The van der Waals surface area contributed by atoms with Crippen LogP contribution in [-0.4, -0.2) is 19.8 Å². The molecule has 0 aromatic heterocycles. The highest BCUT2D eigenvalue weighted by molar-refractivity contribution is 5.37. The van der Waals surface area contributed by atoms with Gasteiger partial charge in [-0.05, 0) is 37.7 Å². The topological polar surface area (TPSA) is 56.5 Å². The van der Waals surface area contributed by atoms with Gasteiger partial charge in [-0.2, -0.15) is 0 Å². The van der Waals surface area contributed by atoms with Crippen LogP contribution in [0.15, 0.2) is 24.3 Å². The van der Waals surface area contributed by atoms with E-state index in [9.17, 15) is 0 Å². The Morgan fingerprint density at radius 3 is 2.45 bits per heavy atom. The van der Waals surface area contributed by atoms with Crippen LogP contribution in [-0.2, 0) is 4.74 Å². The SMILES string of the molecule is COc1ccccc1C(NN)C1(OC)CCC(C)CC1. The molecule has 4 nitrogen and oxygen atoms in total. The molecule has 0 heterocycles. The number of para-hydroxylation sites is 1. The maximum absolute atomic E-state index is 5.94. The van der Waals surface area contributed by atoms with Gasteiger partial charge in [-0.3, -0.25) is 5.84 Å². The van der Waals surface area contributed by atoms with Crippen LogP contribution < -0.4 is 16.0 Å². The van der Waals surface area contributed by atoms with Crippen LogP contribution in [0.1, 0.15) is 44.2 Å². The van der Waals surface area contributed by atoms with Crippen molar-refractivity contribution in [3.8, 4) is 5.75 Å². The standard InChI is InChI=1S/C16H26N2O2/c1-12-8-10-16(20-3,11-9-12)15(18-17)13-6-4-5-7-14(13)19-2/h4-7,12,15,18H,8-11,17H2,1-3H3. The summed E-state index contributed by atoms with van der Waals surface area (Å²) in [5.74, 6) is 7.48. The minimum absolute atomic E-state index is 0.0591. The third-order valence-electron chi connectivity index (χ3n) is 4.67. The molecule has 1 aromatic rings. The fourth-order valence-electron chi connectivity index (χ4n) is 3.29. The van der Waals surface area contributed by atoms with E-state index in [2.05, 4.69) is 18.4 Å². The normalized spacial score (nSPS) is 28.1. The Morgan fingerprint density at radius 1 is 1.25 bits per heavy atom. The third kappa shape index (κ3) is 2.82. The molecule has 0 spiro atoms. The van der Waals surface area contributed by atoms with Crippen molar-refractivity contribution >= 4 is 0 Å². The fraction of sp³-hybridized carbons (Fsp3) is 0.625. The first-order chi connectivity index (χ1) is 9.66. The van der Waals surface area contributed by atoms with E-state index in [1.54, 1.807) is 14.2 Å². The lowest BCUT2D eigenvalue weighted by Crippen LogP contribution is -2.50. The summed E-state index contributed by atoms with van der Waals surface area (Å²) >= 11 is 0. The molecule has 20 heavy (non-hydrogen) atoms. The number of nitrogens with two attached hydrogens (primary N) is 1. The highest BCUT2D eigenvalue weighted by Gasteiger charge is 2.42. The summed E-state index contributed by atoms with van der Waals surface area (Å²) in [5, 5.41) is 0. The van der Waals surface area contributed by atoms with Gasteiger partial charge in [0.25, 0.3) is 0 Å². The van der Waals surface area contributed by atoms with E-state index in [0.29, 0.717) is 0 Å². The first kappa shape index (κ1) is 15.3. The summed E-state index contributed by atoms with van der Waals surface area (Å²) in [6, 6.07) is 7.95. The first-order valence-corrected chi connectivity index (χ1v) is 7.31. The maximum Gasteiger partial charge on any atom is 0.123 e. The van der Waals surface area contributed by atoms with Crippen molar-refractivity contribution in [1.29, 1.82) is 0 Å². The highest BCUT2D eigenvalue weighted by atomic mass is 16.5. The van der Waals surface area contributed by atoms with Crippen molar-refractivity contribution in [3.05, 3.63) is 29.8 Å². The Kier molecular flexibility index (Phi) is 5.02. The quantitative estimate of drug-likeness (QED) is 0.642. The largest absolute Gasteiger partial charge is 0.496 e. The van der Waals surface area contributed by atoms with E-state index in [-0.39, 0.29) is 11.6 Å². The summed E-state index contributed by atoms with van der Waals surface area (Å²) in [6.45, 7) is 2.30. The van der Waals surface area contributed by atoms with Crippen molar-refractivity contribution in [2.75, 3.05) is 14.2 Å². The van der Waals surface area contributed by atoms with Gasteiger partial charge in [0.1, 0.15) is 5.75 Å². The molecule has 4 heteroatoms. The molecule has 0 bridgehead atoms. The fourth-order valence-corrected chi connectivity index (χ4v) is 3.29. The number of methoxy groups -OCH3 is 2. The van der Waals surface area contributed by atoms with Gasteiger partial charge in [0.2, 0.25) is 0 Å². The molecule has 112 valence electrons. The average molecular weight is 278 g/mol. The van der Waals surface area contributed by atoms with Crippen LogP contribution in [0, 0.1) is 5.92 Å². The zero-order chi connectivity index (χ0) is 14.6. The minimum atomic E-state index is -0.254. The van der Waals surface area contributed by atoms with Gasteiger partial charge >= 0.3 is 0 Å². The molecule has 1 aliphatic carbocycles. The molecule has 1 atom stereocenters. The number of hydrogen-bond donors (Lipinski definition) is 2. The Bertz CT molecular complexity index is 428. The van der Waals surface area contributed by atoms with E-state index < -0.39 is 0 Å². The number of ether oxygens (including phenoxy) is 2. The average Bonchev–Trinajstić information content (AvgIpc) is 2.50. The van der Waals surface area contributed by atoms with E-state index >= 15 is 0 Å². The van der Waals surface area contributed by atoms with Gasteiger partial charge in [0.15, 0.2) is 0 Å². The third-order valence-corrected chi connectivity index (χ3v) is 4.67. The molecular weight excluding hydrogens is 252 g/mol. The molecule has 0 saturated heterocycles. The van der Waals surface area contributed by atoms with Crippen molar-refractivity contribution in [2.24, 2.45) is 11.8 Å². The molecule has 0 radical (unpaired) electrons. The van der Waals surface area contributed by atoms with Gasteiger partial charge < -0.3 is 9.47 Å². The Labute approximate surface area is 121 Å². The summed E-state index contributed by atoms with van der Waals surface area (Å²) in [7, 11) is 3.48. The van der Waals surface area contributed by atoms with E-state index in [0.717, 1.165) is 30.1 Å². The van der Waals surface area contributed by atoms with Crippen molar-refractivity contribution < 1.29 is 9.47 Å². The van der Waals surface area contributed by atoms with E-state index in [4.69, 9.17) is 15.3 Å². The van der Waals surface area contributed by atoms with Gasteiger partial charge in [-0.25, -0.2) is 5.43 Å². The highest BCUT2D eigenvalue weighted by Crippen LogP contribution is 2.44. The number of nitrogens with one attached hydrogen (secondary N) is 1. The van der Waals surface area contributed by atoms with Crippen molar-refractivity contribution in [3.63, 3.8) is 0 Å². The van der Waals surface area contributed by atoms with Crippen LogP contribution >= 0.6 is 0 Å². The minimum Gasteiger partial charge on any atom is -0.496 e. The predicted molar refractivity (Wildman–Crippen MR) is 80.4 cm³/mol. The Hall–Kier alpha value is -1.10. The molecule has 1 aromatic carbocycles. The molecule has 1 saturated carbocycles. The molecular formula is C16H26N2O2. The summed E-state index contributed by atoms with van der Waals surface area (Å²) < 4.78 is 11.4. The smallest absolute Gasteiger partial charge is 0.123 e. The first-order valence-electron chi connectivity index (χ1n) is 7.31.